The van der Waals surface area contributed by atoms with Crippen LogP contribution in [0.5, 0.6) is 11.5 Å². The number of carboxylic acid groups (broad SMARTS) is 4. The maximum Gasteiger partial charge on any atom is 0.335 e. The molecule has 0 saturated carbocycles. The van der Waals surface area contributed by atoms with Gasteiger partial charge in [-0.2, -0.15) is 0 Å². The smallest absolute Gasteiger partial charge is 0.335 e. The van der Waals surface area contributed by atoms with Gasteiger partial charge in [-0.25, -0.2) is 4.79 Å². The van der Waals surface area contributed by atoms with Crippen LogP contribution >= 0.6 is 47.0 Å². The number of benzene rings is 7. The van der Waals surface area contributed by atoms with Crippen molar-refractivity contribution in [3.05, 3.63) is 214 Å². The van der Waals surface area contributed by atoms with E-state index in [9.17, 15) is 19.2 Å². The molecule has 0 aromatic heterocycles. The molecule has 0 heterocycles. The van der Waals surface area contributed by atoms with Crippen LogP contribution in [0.4, 0.5) is 0 Å². The number of rotatable bonds is 19. The van der Waals surface area contributed by atoms with Crippen molar-refractivity contribution in [2.75, 3.05) is 20.0 Å². The SMILES string of the molecule is COc1ccccc1SCc1ccc(C(=O)O)cc1.COc1ccccc1SCc1ccc(CC(=O)O)cc1.Cc1ccc(C)c(SCC(=O)O)c1.O=C(O)Cc1ccc(CSc2ccccc2)cc1. The Morgan fingerprint density at radius 2 is 0.843 bits per heavy atom. The molecule has 364 valence electrons. The van der Waals surface area contributed by atoms with Gasteiger partial charge in [-0.15, -0.1) is 47.0 Å². The summed E-state index contributed by atoms with van der Waals surface area (Å²) in [6.07, 6.45) is 0.159. The number of aliphatic carboxylic acids is 3. The maximum absolute atomic E-state index is 10.8. The van der Waals surface area contributed by atoms with Crippen LogP contribution in [0.25, 0.3) is 0 Å². The van der Waals surface area contributed by atoms with Crippen molar-refractivity contribution in [2.24, 2.45) is 0 Å². The fraction of sp³-hybridized carbons (Fsp3) is 0.179. The minimum Gasteiger partial charge on any atom is -0.496 e. The fourth-order valence-electron chi connectivity index (χ4n) is 6.08. The van der Waals surface area contributed by atoms with Crippen LogP contribution in [0.1, 0.15) is 49.3 Å². The van der Waals surface area contributed by atoms with Crippen molar-refractivity contribution < 1.29 is 49.1 Å². The summed E-state index contributed by atoms with van der Waals surface area (Å²) in [6, 6.07) is 54.4. The zero-order chi connectivity index (χ0) is 50.7. The Hall–Kier alpha value is -6.58. The fourth-order valence-corrected chi connectivity index (χ4v) is 9.77. The lowest BCUT2D eigenvalue weighted by Gasteiger charge is -2.08. The van der Waals surface area contributed by atoms with Gasteiger partial charge in [0.1, 0.15) is 11.5 Å². The van der Waals surface area contributed by atoms with Gasteiger partial charge in [0.25, 0.3) is 0 Å². The lowest BCUT2D eigenvalue weighted by Crippen LogP contribution is -1.99. The van der Waals surface area contributed by atoms with Gasteiger partial charge in [-0.3, -0.25) is 14.4 Å². The molecule has 7 rings (SSSR count). The van der Waals surface area contributed by atoms with Crippen LogP contribution in [0.3, 0.4) is 0 Å². The molecule has 7 aromatic rings. The monoisotopic (exact) mass is 1020 g/mol. The van der Waals surface area contributed by atoms with Gasteiger partial charge in [-0.1, -0.05) is 121 Å². The highest BCUT2D eigenvalue weighted by molar-refractivity contribution is 8.00. The van der Waals surface area contributed by atoms with E-state index in [1.54, 1.807) is 61.6 Å². The Morgan fingerprint density at radius 3 is 1.27 bits per heavy atom. The number of hydrogen-bond donors (Lipinski definition) is 4. The normalized spacial score (nSPS) is 10.2. The number of hydrogen-bond acceptors (Lipinski definition) is 10. The highest BCUT2D eigenvalue weighted by atomic mass is 32.2. The second-order valence-corrected chi connectivity index (χ2v) is 19.3. The Labute approximate surface area is 426 Å². The standard InChI is InChI=1S/C16H16O3S.C15H14O3S.C15H14O2S.C10H12O2S/c1-19-14-4-2-3-5-15(14)20-11-13-8-6-12(7-9-13)10-16(17)18;1-18-13-4-2-3-5-14(13)19-10-11-6-8-12(9-7-11)15(16)17;16-15(17)10-12-6-8-13(9-7-12)11-18-14-4-2-1-3-5-14;1-7-3-4-8(2)9(5-7)13-6-10(11)12/h2-9H,10-11H2,1H3,(H,17,18);2-9H,10H2,1H3,(H,16,17);1-9H,10-11H2,(H,16,17);3-5H,6H2,1-2H3,(H,11,12). The van der Waals surface area contributed by atoms with Crippen molar-refractivity contribution in [1.29, 1.82) is 0 Å². The predicted octanol–water partition coefficient (Wildman–Crippen LogP) is 13.4. The van der Waals surface area contributed by atoms with Crippen LogP contribution in [0, 0.1) is 13.8 Å². The van der Waals surface area contributed by atoms with Gasteiger partial charge in [0, 0.05) is 36.8 Å². The van der Waals surface area contributed by atoms with Gasteiger partial charge in [0.15, 0.2) is 0 Å². The van der Waals surface area contributed by atoms with E-state index >= 15 is 0 Å². The third-order valence-corrected chi connectivity index (χ3v) is 14.2. The third kappa shape index (κ3) is 21.4. The van der Waals surface area contributed by atoms with Gasteiger partial charge < -0.3 is 29.9 Å². The summed E-state index contributed by atoms with van der Waals surface area (Å²) in [7, 11) is 3.32. The molecule has 4 N–H and O–H groups in total. The van der Waals surface area contributed by atoms with E-state index in [2.05, 4.69) is 12.1 Å². The molecular formula is C56H56O10S4. The molecule has 0 aliphatic rings. The van der Waals surface area contributed by atoms with Crippen molar-refractivity contribution in [1.82, 2.24) is 0 Å². The molecule has 0 atom stereocenters. The van der Waals surface area contributed by atoms with E-state index in [1.165, 1.54) is 27.8 Å². The number of aromatic carboxylic acids is 1. The van der Waals surface area contributed by atoms with E-state index in [-0.39, 0.29) is 18.6 Å². The van der Waals surface area contributed by atoms with Crippen LogP contribution in [0.2, 0.25) is 0 Å². The maximum atomic E-state index is 10.8. The zero-order valence-corrected chi connectivity index (χ0v) is 42.5. The molecule has 14 heteroatoms. The first kappa shape index (κ1) is 56.0. The molecule has 0 spiro atoms. The minimum atomic E-state index is -0.899. The summed E-state index contributed by atoms with van der Waals surface area (Å²) in [5.41, 5.74) is 7.73. The summed E-state index contributed by atoms with van der Waals surface area (Å²) < 4.78 is 10.6. The molecule has 10 nitrogen and oxygen atoms in total. The first-order chi connectivity index (χ1) is 33.7. The number of methoxy groups -OCH3 is 2. The quantitative estimate of drug-likeness (QED) is 0.0565. The summed E-state index contributed by atoms with van der Waals surface area (Å²) in [5.74, 6) is 1.10. The predicted molar refractivity (Wildman–Crippen MR) is 284 cm³/mol. The number of ether oxygens (including phenoxy) is 2. The molecule has 0 aliphatic carbocycles. The molecule has 0 fully saturated rings. The first-order valence-electron chi connectivity index (χ1n) is 21.8. The summed E-state index contributed by atoms with van der Waals surface area (Å²) >= 11 is 6.52. The second-order valence-electron chi connectivity index (χ2n) is 15.2. The van der Waals surface area contributed by atoms with E-state index in [0.29, 0.717) is 5.56 Å². The highest BCUT2D eigenvalue weighted by Gasteiger charge is 2.07. The molecule has 0 bridgehead atoms. The average molecular weight is 1020 g/mol. The molecule has 70 heavy (non-hydrogen) atoms. The van der Waals surface area contributed by atoms with Gasteiger partial charge >= 0.3 is 23.9 Å². The van der Waals surface area contributed by atoms with Crippen LogP contribution in [-0.4, -0.2) is 64.3 Å². The molecule has 0 saturated heterocycles. The summed E-state index contributed by atoms with van der Waals surface area (Å²) in [5, 5.41) is 34.8. The molecule has 0 unspecified atom stereocenters. The van der Waals surface area contributed by atoms with Crippen molar-refractivity contribution in [3.63, 3.8) is 0 Å². The first-order valence-corrected chi connectivity index (χ1v) is 25.7. The number of carboxylic acids is 4. The molecule has 0 radical (unpaired) electrons. The lowest BCUT2D eigenvalue weighted by molar-refractivity contribution is -0.137. The molecule has 0 aliphatic heterocycles. The van der Waals surface area contributed by atoms with Gasteiger partial charge in [0.2, 0.25) is 0 Å². The van der Waals surface area contributed by atoms with Crippen molar-refractivity contribution in [3.8, 4) is 11.5 Å². The largest absolute Gasteiger partial charge is 0.496 e. The van der Waals surface area contributed by atoms with Crippen molar-refractivity contribution in [2.45, 2.75) is 63.5 Å². The molecule has 0 amide bonds. The van der Waals surface area contributed by atoms with Gasteiger partial charge in [0.05, 0.1) is 38.4 Å². The zero-order valence-electron chi connectivity index (χ0n) is 39.3. The second kappa shape index (κ2) is 30.8. The van der Waals surface area contributed by atoms with E-state index in [4.69, 9.17) is 29.9 Å². The van der Waals surface area contributed by atoms with Gasteiger partial charge in [-0.05, 0) is 102 Å². The molecular weight excluding hydrogens is 961 g/mol. The van der Waals surface area contributed by atoms with E-state index < -0.39 is 23.9 Å². The van der Waals surface area contributed by atoms with Crippen LogP contribution in [-0.2, 0) is 44.5 Å². The van der Waals surface area contributed by atoms with Crippen molar-refractivity contribution >= 4 is 70.9 Å². The van der Waals surface area contributed by atoms with Crippen LogP contribution < -0.4 is 9.47 Å². The number of aryl methyl sites for hydroxylation is 2. The third-order valence-electron chi connectivity index (χ3n) is 9.73. The Balaban J connectivity index is 0.000000205. The lowest BCUT2D eigenvalue weighted by atomic mass is 10.1. The number of para-hydroxylation sites is 2. The van der Waals surface area contributed by atoms with E-state index in [0.717, 1.165) is 71.3 Å². The summed E-state index contributed by atoms with van der Waals surface area (Å²) in [4.78, 5) is 46.8. The Bertz CT molecular complexity index is 2710. The highest BCUT2D eigenvalue weighted by Crippen LogP contribution is 2.32. The number of carbonyl (C=O) groups is 4. The Kier molecular flexibility index (Phi) is 24.7. The summed E-state index contributed by atoms with van der Waals surface area (Å²) in [6.45, 7) is 3.99. The Morgan fingerprint density at radius 1 is 0.429 bits per heavy atom. The average Bonchev–Trinajstić information content (AvgIpc) is 3.36. The minimum absolute atomic E-state index is 0.0694. The molecule has 7 aromatic carbocycles. The van der Waals surface area contributed by atoms with E-state index in [1.807, 2.05) is 159 Å². The number of thioether (sulfide) groups is 4. The topological polar surface area (TPSA) is 168 Å². The van der Waals surface area contributed by atoms with Crippen LogP contribution in [0.15, 0.2) is 189 Å².